The number of likely N-dealkylation sites (tertiary alicyclic amines) is 1. The van der Waals surface area contributed by atoms with Crippen molar-refractivity contribution in [1.29, 1.82) is 0 Å². The summed E-state index contributed by atoms with van der Waals surface area (Å²) in [5.41, 5.74) is 8.17. The van der Waals surface area contributed by atoms with Crippen molar-refractivity contribution in [2.45, 2.75) is 37.8 Å². The van der Waals surface area contributed by atoms with Crippen molar-refractivity contribution in [3.8, 4) is 11.3 Å². The minimum Gasteiger partial charge on any atom is -0.334 e. The number of halogens is 2. The van der Waals surface area contributed by atoms with E-state index in [1.807, 2.05) is 50.2 Å². The second kappa shape index (κ2) is 9.15. The van der Waals surface area contributed by atoms with Gasteiger partial charge in [0.25, 0.3) is 5.91 Å². The van der Waals surface area contributed by atoms with Gasteiger partial charge in [0.05, 0.1) is 16.8 Å². The summed E-state index contributed by atoms with van der Waals surface area (Å²) >= 11 is 0. The summed E-state index contributed by atoms with van der Waals surface area (Å²) in [7, 11) is 4.02. The molecule has 174 valence electrons. The van der Waals surface area contributed by atoms with Gasteiger partial charge in [-0.05, 0) is 77.2 Å². The fourth-order valence-electron chi connectivity index (χ4n) is 4.64. The van der Waals surface area contributed by atoms with Gasteiger partial charge in [-0.1, -0.05) is 18.2 Å². The van der Waals surface area contributed by atoms with E-state index in [2.05, 4.69) is 9.88 Å². The zero-order valence-electron chi connectivity index (χ0n) is 19.3. The maximum atomic E-state index is 13.9. The van der Waals surface area contributed by atoms with Crippen LogP contribution in [0.2, 0.25) is 0 Å². The molecule has 7 heteroatoms. The van der Waals surface area contributed by atoms with Crippen molar-refractivity contribution >= 4 is 16.8 Å². The van der Waals surface area contributed by atoms with Gasteiger partial charge in [0.1, 0.15) is 0 Å². The molecule has 33 heavy (non-hydrogen) atoms. The molecule has 3 aromatic rings. The van der Waals surface area contributed by atoms with E-state index in [1.165, 1.54) is 6.07 Å². The molecule has 2 atom stereocenters. The van der Waals surface area contributed by atoms with E-state index in [9.17, 15) is 13.6 Å². The van der Waals surface area contributed by atoms with Crippen LogP contribution in [0.5, 0.6) is 0 Å². The van der Waals surface area contributed by atoms with E-state index in [-0.39, 0.29) is 11.9 Å². The molecule has 1 amide bonds. The molecule has 1 aromatic heterocycles. The Morgan fingerprint density at radius 2 is 1.94 bits per heavy atom. The Labute approximate surface area is 193 Å². The summed E-state index contributed by atoms with van der Waals surface area (Å²) in [6, 6.07) is 12.6. The number of rotatable bonds is 6. The predicted molar refractivity (Wildman–Crippen MR) is 127 cm³/mol. The third-order valence-corrected chi connectivity index (χ3v) is 6.53. The first-order chi connectivity index (χ1) is 15.7. The van der Waals surface area contributed by atoms with Crippen LogP contribution in [0.1, 0.15) is 36.5 Å². The molecule has 1 aliphatic heterocycles. The van der Waals surface area contributed by atoms with Crippen LogP contribution in [-0.2, 0) is 0 Å². The van der Waals surface area contributed by atoms with Gasteiger partial charge in [0, 0.05) is 29.1 Å². The molecular formula is C26H30F2N4O. The number of carbonyl (C=O) groups excluding carboxylic acids is 1. The van der Waals surface area contributed by atoms with Gasteiger partial charge >= 0.3 is 0 Å². The number of fused-ring (bicyclic) bond motifs is 1. The molecule has 4 rings (SSSR count). The number of aromatic nitrogens is 1. The number of benzene rings is 2. The zero-order valence-corrected chi connectivity index (χ0v) is 19.3. The Morgan fingerprint density at radius 3 is 2.67 bits per heavy atom. The number of amides is 1. The van der Waals surface area contributed by atoms with Crippen molar-refractivity contribution in [3.63, 3.8) is 0 Å². The summed E-state index contributed by atoms with van der Waals surface area (Å²) in [6.45, 7) is 3.49. The number of nitrogens with two attached hydrogens (primary N) is 1. The predicted octanol–water partition coefficient (Wildman–Crippen LogP) is 4.45. The van der Waals surface area contributed by atoms with Crippen molar-refractivity contribution in [2.24, 2.45) is 5.73 Å². The molecule has 1 fully saturated rings. The highest BCUT2D eigenvalue weighted by Crippen LogP contribution is 2.32. The van der Waals surface area contributed by atoms with Gasteiger partial charge in [0.15, 0.2) is 11.6 Å². The Hall–Kier alpha value is -2.90. The minimum atomic E-state index is -0.949. The Morgan fingerprint density at radius 1 is 1.18 bits per heavy atom. The third-order valence-electron chi connectivity index (χ3n) is 6.53. The lowest BCUT2D eigenvalue weighted by Crippen LogP contribution is -2.56. The maximum Gasteiger partial charge on any atom is 0.254 e. The largest absolute Gasteiger partial charge is 0.334 e. The number of carbonyl (C=O) groups is 1. The summed E-state index contributed by atoms with van der Waals surface area (Å²) in [5.74, 6) is -1.98. The van der Waals surface area contributed by atoms with E-state index in [4.69, 9.17) is 5.73 Å². The van der Waals surface area contributed by atoms with Gasteiger partial charge in [-0.2, -0.15) is 0 Å². The Kier molecular flexibility index (Phi) is 6.45. The van der Waals surface area contributed by atoms with Crippen LogP contribution in [0, 0.1) is 11.6 Å². The molecule has 0 bridgehead atoms. The average Bonchev–Trinajstić information content (AvgIpc) is 3.29. The molecule has 2 N–H and O–H groups in total. The van der Waals surface area contributed by atoms with Crippen molar-refractivity contribution < 1.29 is 13.6 Å². The van der Waals surface area contributed by atoms with E-state index in [0.29, 0.717) is 28.9 Å². The second-order valence-electron chi connectivity index (χ2n) is 9.42. The second-order valence-corrected chi connectivity index (χ2v) is 9.42. The van der Waals surface area contributed by atoms with Gasteiger partial charge < -0.3 is 15.5 Å². The van der Waals surface area contributed by atoms with Gasteiger partial charge in [-0.25, -0.2) is 13.8 Å². The first-order valence-electron chi connectivity index (χ1n) is 11.3. The van der Waals surface area contributed by atoms with Crippen LogP contribution < -0.4 is 5.73 Å². The minimum absolute atomic E-state index is 0.0800. The van der Waals surface area contributed by atoms with E-state index in [0.717, 1.165) is 43.3 Å². The van der Waals surface area contributed by atoms with Gasteiger partial charge in [0.2, 0.25) is 0 Å². The van der Waals surface area contributed by atoms with Crippen LogP contribution in [0.25, 0.3) is 22.2 Å². The monoisotopic (exact) mass is 452 g/mol. The molecule has 1 saturated heterocycles. The summed E-state index contributed by atoms with van der Waals surface area (Å²) in [6.07, 6.45) is 2.51. The lowest BCUT2D eigenvalue weighted by atomic mass is 9.87. The number of hydrogen-bond acceptors (Lipinski definition) is 4. The number of pyridine rings is 1. The lowest BCUT2D eigenvalue weighted by molar-refractivity contribution is 0.0661. The van der Waals surface area contributed by atoms with Gasteiger partial charge in [-0.15, -0.1) is 0 Å². The third kappa shape index (κ3) is 4.75. The molecule has 0 saturated carbocycles. The molecule has 2 aromatic carbocycles. The topological polar surface area (TPSA) is 62.5 Å². The highest BCUT2D eigenvalue weighted by atomic mass is 19.2. The fourth-order valence-corrected chi connectivity index (χ4v) is 4.64. The molecular weight excluding hydrogens is 422 g/mol. The number of nitrogens with zero attached hydrogens (tertiary/aromatic N) is 3. The smallest absolute Gasteiger partial charge is 0.254 e. The van der Waals surface area contributed by atoms with E-state index < -0.39 is 17.2 Å². The van der Waals surface area contributed by atoms with Crippen molar-refractivity contribution in [3.05, 3.63) is 65.7 Å². The van der Waals surface area contributed by atoms with Crippen molar-refractivity contribution in [1.82, 2.24) is 14.8 Å². The van der Waals surface area contributed by atoms with Crippen LogP contribution >= 0.6 is 0 Å². The molecule has 0 aliphatic carbocycles. The van der Waals surface area contributed by atoms with E-state index in [1.54, 1.807) is 6.07 Å². The maximum absolute atomic E-state index is 13.9. The lowest BCUT2D eigenvalue weighted by Gasteiger charge is -2.38. The summed E-state index contributed by atoms with van der Waals surface area (Å²) in [4.78, 5) is 22.4. The van der Waals surface area contributed by atoms with E-state index >= 15 is 0 Å². The molecule has 2 unspecified atom stereocenters. The van der Waals surface area contributed by atoms with Crippen molar-refractivity contribution in [2.75, 3.05) is 27.2 Å². The van der Waals surface area contributed by atoms with Crippen LogP contribution in [0.4, 0.5) is 8.78 Å². The van der Waals surface area contributed by atoms with Gasteiger partial charge in [-0.3, -0.25) is 4.79 Å². The standard InChI is InChI=1S/C26H30F2N4O/c1-26(29,12-14-31(2)3)24-9-6-13-32(24)25(33)19-16-23(17-10-11-20(27)21(28)15-17)30-22-8-5-4-7-18(19)22/h4-5,7-8,10-11,15-16,24H,6,9,12-14,29H2,1-3H3. The summed E-state index contributed by atoms with van der Waals surface area (Å²) in [5, 5.41) is 0.728. The fraction of sp³-hybridized carbons (Fsp3) is 0.385. The number of para-hydroxylation sites is 1. The summed E-state index contributed by atoms with van der Waals surface area (Å²) < 4.78 is 27.4. The average molecular weight is 453 g/mol. The highest BCUT2D eigenvalue weighted by Gasteiger charge is 2.40. The highest BCUT2D eigenvalue weighted by molar-refractivity contribution is 6.07. The SMILES string of the molecule is CN(C)CCC(C)(N)C1CCCN1C(=O)c1cc(-c2ccc(F)c(F)c2)nc2ccccc12. The first kappa shape index (κ1) is 23.3. The molecule has 0 radical (unpaired) electrons. The normalized spacial score (nSPS) is 18.2. The Bertz CT molecular complexity index is 1180. The first-order valence-corrected chi connectivity index (χ1v) is 11.3. The Balaban J connectivity index is 1.75. The zero-order chi connectivity index (χ0) is 23.8. The quantitative estimate of drug-likeness (QED) is 0.600. The van der Waals surface area contributed by atoms with Crippen LogP contribution in [0.15, 0.2) is 48.5 Å². The molecule has 2 heterocycles. The molecule has 1 aliphatic rings. The van der Waals surface area contributed by atoms with Crippen LogP contribution in [-0.4, -0.2) is 59.5 Å². The van der Waals surface area contributed by atoms with Crippen LogP contribution in [0.3, 0.4) is 0 Å². The molecule has 0 spiro atoms. The number of hydrogen-bond donors (Lipinski definition) is 1. The molecule has 5 nitrogen and oxygen atoms in total.